The third-order valence-corrected chi connectivity index (χ3v) is 2.59. The summed E-state index contributed by atoms with van der Waals surface area (Å²) < 4.78 is 24.4. The van der Waals surface area contributed by atoms with Gasteiger partial charge in [-0.1, -0.05) is 17.4 Å². The van der Waals surface area contributed by atoms with Crippen molar-refractivity contribution in [1.29, 1.82) is 0 Å². The maximum atomic E-state index is 12.2. The molecule has 0 fully saturated rings. The molecule has 0 saturated heterocycles. The lowest BCUT2D eigenvalue weighted by Gasteiger charge is -1.98. The Labute approximate surface area is 98.5 Å². The number of carbonyl (C=O) groups is 1. The summed E-state index contributed by atoms with van der Waals surface area (Å²) in [6.45, 7) is 0. The van der Waals surface area contributed by atoms with Crippen LogP contribution in [-0.2, 0) is 0 Å². The highest BCUT2D eigenvalue weighted by Crippen LogP contribution is 2.25. The van der Waals surface area contributed by atoms with Gasteiger partial charge in [-0.25, -0.2) is 8.78 Å². The molecule has 0 spiro atoms. The lowest BCUT2D eigenvalue weighted by molar-refractivity contribution is 0.102. The van der Waals surface area contributed by atoms with E-state index in [0.717, 1.165) is 0 Å². The van der Waals surface area contributed by atoms with Crippen molar-refractivity contribution < 1.29 is 13.6 Å². The first kappa shape index (κ1) is 11.5. The van der Waals surface area contributed by atoms with Crippen molar-refractivity contribution in [3.05, 3.63) is 35.1 Å². The lowest BCUT2D eigenvalue weighted by Crippen LogP contribution is -2.13. The number of amides is 1. The molecule has 8 heteroatoms. The molecule has 0 saturated carbocycles. The minimum atomic E-state index is -2.69. The number of halogens is 2. The molecule has 1 amide bonds. The lowest BCUT2D eigenvalue weighted by atomic mass is 10.3. The molecule has 0 radical (unpaired) electrons. The van der Waals surface area contributed by atoms with Crippen molar-refractivity contribution in [1.82, 2.24) is 15.2 Å². The van der Waals surface area contributed by atoms with Crippen molar-refractivity contribution in [3.8, 4) is 0 Å². The van der Waals surface area contributed by atoms with Gasteiger partial charge in [-0.15, -0.1) is 10.2 Å². The molecule has 0 atom stereocenters. The molecule has 0 bridgehead atoms. The second kappa shape index (κ2) is 4.91. The Morgan fingerprint density at radius 3 is 2.76 bits per heavy atom. The Balaban J connectivity index is 2.08. The van der Waals surface area contributed by atoms with Gasteiger partial charge in [0.1, 0.15) is 5.69 Å². The molecule has 0 aliphatic carbocycles. The van der Waals surface area contributed by atoms with Gasteiger partial charge < -0.3 is 0 Å². The van der Waals surface area contributed by atoms with E-state index in [1.807, 2.05) is 0 Å². The molecule has 0 unspecified atom stereocenters. The van der Waals surface area contributed by atoms with Crippen LogP contribution in [-0.4, -0.2) is 21.1 Å². The van der Waals surface area contributed by atoms with Crippen LogP contribution in [0.2, 0.25) is 0 Å². The summed E-state index contributed by atoms with van der Waals surface area (Å²) in [5.74, 6) is -0.512. The number of rotatable bonds is 3. The molecule has 5 nitrogen and oxygen atoms in total. The maximum absolute atomic E-state index is 12.2. The predicted molar refractivity (Wildman–Crippen MR) is 57.1 cm³/mol. The third kappa shape index (κ3) is 2.78. The molecule has 2 aromatic rings. The monoisotopic (exact) mass is 256 g/mol. The maximum Gasteiger partial charge on any atom is 0.291 e. The van der Waals surface area contributed by atoms with Gasteiger partial charge in [0, 0.05) is 6.20 Å². The Hall–Kier alpha value is -1.96. The number of hydrogen-bond acceptors (Lipinski definition) is 5. The number of aromatic nitrogens is 3. The summed E-state index contributed by atoms with van der Waals surface area (Å²) >= 11 is 0.632. The van der Waals surface area contributed by atoms with Crippen LogP contribution in [0, 0.1) is 0 Å². The van der Waals surface area contributed by atoms with Crippen molar-refractivity contribution in [2.75, 3.05) is 5.32 Å². The van der Waals surface area contributed by atoms with Crippen LogP contribution in [0.4, 0.5) is 13.9 Å². The van der Waals surface area contributed by atoms with E-state index in [2.05, 4.69) is 20.5 Å². The Kier molecular flexibility index (Phi) is 3.33. The van der Waals surface area contributed by atoms with E-state index >= 15 is 0 Å². The van der Waals surface area contributed by atoms with Gasteiger partial charge in [0.05, 0.1) is 0 Å². The van der Waals surface area contributed by atoms with Crippen LogP contribution in [0.3, 0.4) is 0 Å². The van der Waals surface area contributed by atoms with Crippen LogP contribution in [0.1, 0.15) is 21.9 Å². The second-order valence-electron chi connectivity index (χ2n) is 2.92. The van der Waals surface area contributed by atoms with E-state index in [-0.39, 0.29) is 10.8 Å². The minimum absolute atomic E-state index is 0.0240. The number of nitrogens with one attached hydrogen (secondary N) is 1. The Bertz CT molecular complexity index is 517. The predicted octanol–water partition coefficient (Wildman–Crippen LogP) is 2.12. The summed E-state index contributed by atoms with van der Waals surface area (Å²) in [4.78, 5) is 15.4. The number of anilines is 1. The average Bonchev–Trinajstić information content (AvgIpc) is 2.79. The SMILES string of the molecule is O=C(Nc1nnc(C(F)F)s1)c1ccccn1. The first-order valence-electron chi connectivity index (χ1n) is 4.51. The molecular weight excluding hydrogens is 250 g/mol. The van der Waals surface area contributed by atoms with Crippen molar-refractivity contribution in [2.24, 2.45) is 0 Å². The highest BCUT2D eigenvalue weighted by Gasteiger charge is 2.16. The van der Waals surface area contributed by atoms with E-state index < -0.39 is 17.3 Å². The largest absolute Gasteiger partial charge is 0.295 e. The molecule has 2 aromatic heterocycles. The van der Waals surface area contributed by atoms with E-state index in [1.54, 1.807) is 12.1 Å². The van der Waals surface area contributed by atoms with E-state index in [9.17, 15) is 13.6 Å². The number of pyridine rings is 1. The summed E-state index contributed by atoms with van der Waals surface area (Å²) in [6.07, 6.45) is -1.23. The fourth-order valence-electron chi connectivity index (χ4n) is 1.03. The van der Waals surface area contributed by atoms with Crippen molar-refractivity contribution >= 4 is 22.4 Å². The van der Waals surface area contributed by atoms with Gasteiger partial charge in [-0.05, 0) is 12.1 Å². The van der Waals surface area contributed by atoms with Gasteiger partial charge in [0.25, 0.3) is 12.3 Å². The third-order valence-electron chi connectivity index (χ3n) is 1.75. The highest BCUT2D eigenvalue weighted by atomic mass is 32.1. The van der Waals surface area contributed by atoms with Gasteiger partial charge in [-0.2, -0.15) is 0 Å². The van der Waals surface area contributed by atoms with E-state index in [0.29, 0.717) is 11.3 Å². The van der Waals surface area contributed by atoms with Crippen LogP contribution >= 0.6 is 11.3 Å². The molecule has 0 aromatic carbocycles. The van der Waals surface area contributed by atoms with Crippen LogP contribution in [0.5, 0.6) is 0 Å². The summed E-state index contributed by atoms with van der Waals surface area (Å²) in [5.41, 5.74) is 0.182. The van der Waals surface area contributed by atoms with E-state index in [1.165, 1.54) is 12.3 Å². The number of carbonyl (C=O) groups excluding carboxylic acids is 1. The summed E-state index contributed by atoms with van der Waals surface area (Å²) in [5, 5.41) is 8.62. The Morgan fingerprint density at radius 1 is 1.35 bits per heavy atom. The fraction of sp³-hybridized carbons (Fsp3) is 0.111. The van der Waals surface area contributed by atoms with Gasteiger partial charge in [-0.3, -0.25) is 15.1 Å². The zero-order chi connectivity index (χ0) is 12.3. The van der Waals surface area contributed by atoms with E-state index in [4.69, 9.17) is 0 Å². The standard InChI is InChI=1S/C9H6F2N4OS/c10-6(11)8-14-15-9(17-8)13-7(16)5-3-1-2-4-12-5/h1-4,6H,(H,13,15,16). The van der Waals surface area contributed by atoms with Crippen molar-refractivity contribution in [3.63, 3.8) is 0 Å². The first-order valence-corrected chi connectivity index (χ1v) is 5.32. The molecule has 2 rings (SSSR count). The van der Waals surface area contributed by atoms with Crippen LogP contribution in [0.25, 0.3) is 0 Å². The van der Waals surface area contributed by atoms with Gasteiger partial charge in [0.2, 0.25) is 5.13 Å². The number of hydrogen-bond donors (Lipinski definition) is 1. The molecule has 88 valence electrons. The second-order valence-corrected chi connectivity index (χ2v) is 3.92. The average molecular weight is 256 g/mol. The van der Waals surface area contributed by atoms with Crippen LogP contribution in [0.15, 0.2) is 24.4 Å². The zero-order valence-electron chi connectivity index (χ0n) is 8.30. The summed E-state index contributed by atoms with van der Waals surface area (Å²) in [6, 6.07) is 4.81. The molecule has 17 heavy (non-hydrogen) atoms. The highest BCUT2D eigenvalue weighted by molar-refractivity contribution is 7.15. The van der Waals surface area contributed by atoms with Crippen molar-refractivity contribution in [2.45, 2.75) is 6.43 Å². The number of nitrogens with zero attached hydrogens (tertiary/aromatic N) is 3. The molecule has 1 N–H and O–H groups in total. The zero-order valence-corrected chi connectivity index (χ0v) is 9.12. The normalized spacial score (nSPS) is 10.5. The molecular formula is C9H6F2N4OS. The Morgan fingerprint density at radius 2 is 2.18 bits per heavy atom. The molecule has 0 aliphatic rings. The molecule has 0 aliphatic heterocycles. The van der Waals surface area contributed by atoms with Gasteiger partial charge in [0.15, 0.2) is 5.01 Å². The number of alkyl halides is 2. The first-order chi connectivity index (χ1) is 8.16. The fourth-order valence-corrected chi connectivity index (χ4v) is 1.63. The quantitative estimate of drug-likeness (QED) is 0.913. The minimum Gasteiger partial charge on any atom is -0.295 e. The smallest absolute Gasteiger partial charge is 0.291 e. The van der Waals surface area contributed by atoms with Crippen LogP contribution < -0.4 is 5.32 Å². The van der Waals surface area contributed by atoms with Gasteiger partial charge >= 0.3 is 0 Å². The summed E-state index contributed by atoms with van der Waals surface area (Å²) in [7, 11) is 0. The molecule has 2 heterocycles. The topological polar surface area (TPSA) is 67.8 Å².